The normalized spacial score (nSPS) is 15.8. The molecule has 1 aliphatic rings. The minimum absolute atomic E-state index is 0.0424. The van der Waals surface area contributed by atoms with Crippen LogP contribution in [0.3, 0.4) is 0 Å². The molecular formula is C22H21N3O. The summed E-state index contributed by atoms with van der Waals surface area (Å²) in [4.78, 5) is 24.5. The molecule has 0 unspecified atom stereocenters. The Morgan fingerprint density at radius 1 is 1.00 bits per heavy atom. The highest BCUT2D eigenvalue weighted by atomic mass is 16.2. The van der Waals surface area contributed by atoms with Gasteiger partial charge >= 0.3 is 0 Å². The average Bonchev–Trinajstić information content (AvgIpc) is 2.86. The van der Waals surface area contributed by atoms with Gasteiger partial charge in [-0.3, -0.25) is 19.7 Å². The molecule has 4 nitrogen and oxygen atoms in total. The van der Waals surface area contributed by atoms with Gasteiger partial charge in [0.2, 0.25) is 0 Å². The quantitative estimate of drug-likeness (QED) is 0.640. The number of anilines is 1. The zero-order valence-electron chi connectivity index (χ0n) is 15.4. The maximum atomic E-state index is 13.4. The molecule has 4 rings (SSSR count). The molecular weight excluding hydrogens is 322 g/mol. The van der Waals surface area contributed by atoms with E-state index in [0.717, 1.165) is 33.3 Å². The molecule has 4 heteroatoms. The van der Waals surface area contributed by atoms with Crippen LogP contribution >= 0.6 is 0 Å². The number of fused-ring (bicyclic) bond motifs is 2. The van der Waals surface area contributed by atoms with Crippen molar-refractivity contribution in [1.82, 2.24) is 4.98 Å². The number of rotatable bonds is 1. The van der Waals surface area contributed by atoms with Crippen LogP contribution in [0.25, 0.3) is 10.9 Å². The highest BCUT2D eigenvalue weighted by molar-refractivity contribution is 6.37. The first-order valence-electron chi connectivity index (χ1n) is 8.75. The van der Waals surface area contributed by atoms with Gasteiger partial charge in [0.05, 0.1) is 22.3 Å². The number of pyridine rings is 1. The Balaban J connectivity index is 2.02. The summed E-state index contributed by atoms with van der Waals surface area (Å²) in [5, 5.41) is 1.00. The average molecular weight is 343 g/mol. The molecule has 1 amide bonds. The fourth-order valence-electron chi connectivity index (χ4n) is 3.39. The van der Waals surface area contributed by atoms with Crippen molar-refractivity contribution < 1.29 is 4.79 Å². The third-order valence-electron chi connectivity index (χ3n) is 4.44. The lowest BCUT2D eigenvalue weighted by molar-refractivity contribution is 0.101. The number of aliphatic imine (C=N–C) groups is 1. The van der Waals surface area contributed by atoms with Crippen molar-refractivity contribution in [2.24, 2.45) is 4.99 Å². The molecule has 2 heterocycles. The summed E-state index contributed by atoms with van der Waals surface area (Å²) < 4.78 is 0. The van der Waals surface area contributed by atoms with Crippen LogP contribution in [0.2, 0.25) is 0 Å². The topological polar surface area (TPSA) is 45.6 Å². The monoisotopic (exact) mass is 343 g/mol. The second kappa shape index (κ2) is 5.77. The Labute approximate surface area is 153 Å². The lowest BCUT2D eigenvalue weighted by atomic mass is 10.0. The highest BCUT2D eigenvalue weighted by Crippen LogP contribution is 2.35. The molecule has 0 aliphatic carbocycles. The minimum atomic E-state index is -0.308. The first-order chi connectivity index (χ1) is 12.4. The van der Waals surface area contributed by atoms with Crippen molar-refractivity contribution in [2.75, 3.05) is 4.90 Å². The number of hydrogen-bond acceptors (Lipinski definition) is 3. The van der Waals surface area contributed by atoms with E-state index in [1.54, 1.807) is 11.1 Å². The molecule has 0 bridgehead atoms. The largest absolute Gasteiger partial charge is 0.268 e. The first-order valence-corrected chi connectivity index (χ1v) is 8.75. The highest BCUT2D eigenvalue weighted by Gasteiger charge is 2.37. The predicted molar refractivity (Wildman–Crippen MR) is 106 cm³/mol. The molecule has 3 aromatic rings. The van der Waals surface area contributed by atoms with Crippen LogP contribution in [0, 0.1) is 6.92 Å². The van der Waals surface area contributed by atoms with E-state index >= 15 is 0 Å². The van der Waals surface area contributed by atoms with Crippen molar-refractivity contribution in [3.8, 4) is 0 Å². The summed E-state index contributed by atoms with van der Waals surface area (Å²) in [6.07, 6.45) is 1.76. The van der Waals surface area contributed by atoms with Crippen LogP contribution in [0.4, 0.5) is 5.69 Å². The smallest absolute Gasteiger partial charge is 0.265 e. The number of amidine groups is 1. The molecule has 0 saturated heterocycles. The van der Waals surface area contributed by atoms with Gasteiger partial charge in [-0.15, -0.1) is 0 Å². The maximum Gasteiger partial charge on any atom is 0.265 e. The Morgan fingerprint density at radius 2 is 1.73 bits per heavy atom. The molecule has 0 spiro atoms. The van der Waals surface area contributed by atoms with Gasteiger partial charge in [0.15, 0.2) is 0 Å². The van der Waals surface area contributed by atoms with E-state index in [1.807, 2.05) is 76.2 Å². The molecule has 0 atom stereocenters. The Morgan fingerprint density at radius 3 is 2.50 bits per heavy atom. The number of benzene rings is 2. The molecule has 130 valence electrons. The van der Waals surface area contributed by atoms with Crippen LogP contribution in [0.15, 0.2) is 59.7 Å². The third-order valence-corrected chi connectivity index (χ3v) is 4.44. The van der Waals surface area contributed by atoms with E-state index in [0.29, 0.717) is 5.84 Å². The maximum absolute atomic E-state index is 13.4. The Kier molecular flexibility index (Phi) is 3.65. The van der Waals surface area contributed by atoms with Gasteiger partial charge < -0.3 is 0 Å². The molecule has 1 aromatic heterocycles. The summed E-state index contributed by atoms with van der Waals surface area (Å²) in [5.74, 6) is 0.651. The second-order valence-corrected chi connectivity index (χ2v) is 7.60. The van der Waals surface area contributed by atoms with Crippen LogP contribution in [0.1, 0.15) is 42.3 Å². The molecule has 0 fully saturated rings. The van der Waals surface area contributed by atoms with Gasteiger partial charge in [-0.05, 0) is 45.4 Å². The van der Waals surface area contributed by atoms with E-state index in [-0.39, 0.29) is 11.4 Å². The Bertz CT molecular complexity index is 1060. The lowest BCUT2D eigenvalue weighted by Gasteiger charge is -2.22. The first kappa shape index (κ1) is 16.5. The molecule has 0 saturated carbocycles. The molecule has 1 aliphatic heterocycles. The number of hydrogen-bond donors (Lipinski definition) is 0. The van der Waals surface area contributed by atoms with Crippen molar-refractivity contribution in [3.63, 3.8) is 0 Å². The van der Waals surface area contributed by atoms with Gasteiger partial charge in [0.1, 0.15) is 5.84 Å². The van der Waals surface area contributed by atoms with Gasteiger partial charge in [0.25, 0.3) is 5.91 Å². The SMILES string of the molecule is Cc1cccc2c1C(=O)N(c1cccc3cccnc13)C2=NC(C)(C)C. The second-order valence-electron chi connectivity index (χ2n) is 7.60. The van der Waals surface area contributed by atoms with E-state index in [4.69, 9.17) is 4.99 Å². The van der Waals surface area contributed by atoms with E-state index < -0.39 is 0 Å². The predicted octanol–water partition coefficient (Wildman–Crippen LogP) is 4.75. The summed E-state index contributed by atoms with van der Waals surface area (Å²) in [5.41, 5.74) is 3.84. The van der Waals surface area contributed by atoms with Crippen molar-refractivity contribution in [2.45, 2.75) is 33.2 Å². The van der Waals surface area contributed by atoms with Gasteiger partial charge in [0, 0.05) is 17.1 Å². The van der Waals surface area contributed by atoms with Crippen LogP contribution < -0.4 is 4.90 Å². The zero-order chi connectivity index (χ0) is 18.5. The van der Waals surface area contributed by atoms with Crippen LogP contribution in [-0.4, -0.2) is 22.3 Å². The number of amides is 1. The summed E-state index contributed by atoms with van der Waals surface area (Å²) in [6.45, 7) is 8.09. The number of aryl methyl sites for hydroxylation is 1. The van der Waals surface area contributed by atoms with Crippen LogP contribution in [-0.2, 0) is 0 Å². The lowest BCUT2D eigenvalue weighted by Crippen LogP contribution is -2.32. The van der Waals surface area contributed by atoms with Crippen molar-refractivity contribution >= 4 is 28.3 Å². The number of nitrogens with zero attached hydrogens (tertiary/aromatic N) is 3. The van der Waals surface area contributed by atoms with Crippen LogP contribution in [0.5, 0.6) is 0 Å². The summed E-state index contributed by atoms with van der Waals surface area (Å²) in [6, 6.07) is 15.7. The van der Waals surface area contributed by atoms with Crippen molar-refractivity contribution in [1.29, 1.82) is 0 Å². The van der Waals surface area contributed by atoms with Gasteiger partial charge in [-0.1, -0.05) is 36.4 Å². The summed E-state index contributed by atoms with van der Waals surface area (Å²) in [7, 11) is 0. The molecule has 26 heavy (non-hydrogen) atoms. The fourth-order valence-corrected chi connectivity index (χ4v) is 3.39. The summed E-state index contributed by atoms with van der Waals surface area (Å²) >= 11 is 0. The standard InChI is InChI=1S/C22H21N3O/c1-14-8-5-11-16-18(14)21(26)25(20(16)24-22(2,3)4)17-12-6-9-15-10-7-13-23-19(15)17/h5-13H,1-4H3. The van der Waals surface area contributed by atoms with Gasteiger partial charge in [-0.2, -0.15) is 0 Å². The number of aromatic nitrogens is 1. The molecule has 0 N–H and O–H groups in total. The zero-order valence-corrected chi connectivity index (χ0v) is 15.4. The number of carbonyl (C=O) groups excluding carboxylic acids is 1. The van der Waals surface area contributed by atoms with Gasteiger partial charge in [-0.25, -0.2) is 0 Å². The van der Waals surface area contributed by atoms with E-state index in [1.165, 1.54) is 0 Å². The third kappa shape index (κ3) is 2.58. The fraction of sp³-hybridized carbons (Fsp3) is 0.227. The number of carbonyl (C=O) groups is 1. The van der Waals surface area contributed by atoms with E-state index in [2.05, 4.69) is 4.98 Å². The Hall–Kier alpha value is -3.01. The number of para-hydroxylation sites is 1. The molecule has 0 radical (unpaired) electrons. The van der Waals surface area contributed by atoms with E-state index in [9.17, 15) is 4.79 Å². The molecule has 2 aromatic carbocycles. The minimum Gasteiger partial charge on any atom is -0.268 e. The van der Waals surface area contributed by atoms with Crippen molar-refractivity contribution in [3.05, 3.63) is 71.4 Å².